The van der Waals surface area contributed by atoms with Crippen LogP contribution in [0.5, 0.6) is 5.75 Å². The van der Waals surface area contributed by atoms with Crippen molar-refractivity contribution in [2.75, 3.05) is 7.05 Å². The first-order valence-corrected chi connectivity index (χ1v) is 5.57. The molecule has 5 heteroatoms. The molecule has 0 saturated carbocycles. The van der Waals surface area contributed by atoms with Crippen LogP contribution >= 0.6 is 0 Å². The molecule has 0 unspecified atom stereocenters. The summed E-state index contributed by atoms with van der Waals surface area (Å²) in [5, 5.41) is 9.89. The van der Waals surface area contributed by atoms with Crippen LogP contribution in [0.2, 0.25) is 0 Å². The van der Waals surface area contributed by atoms with Gasteiger partial charge in [0.25, 0.3) is 5.91 Å². The molecular formula is C14H11N3O2. The van der Waals surface area contributed by atoms with Gasteiger partial charge in [0.2, 0.25) is 0 Å². The molecule has 1 heterocycles. The van der Waals surface area contributed by atoms with Gasteiger partial charge in [-0.15, -0.1) is 0 Å². The molecule has 0 aliphatic heterocycles. The summed E-state index contributed by atoms with van der Waals surface area (Å²) >= 11 is 0. The van der Waals surface area contributed by atoms with Crippen LogP contribution in [0.25, 0.3) is 0 Å². The van der Waals surface area contributed by atoms with Gasteiger partial charge < -0.3 is 4.84 Å². The van der Waals surface area contributed by atoms with Crippen LogP contribution in [-0.2, 0) is 0 Å². The summed E-state index contributed by atoms with van der Waals surface area (Å²) < 4.78 is 0. The highest BCUT2D eigenvalue weighted by molar-refractivity contribution is 5.93. The smallest absolute Gasteiger partial charge is 0.287 e. The van der Waals surface area contributed by atoms with Gasteiger partial charge in [0.05, 0.1) is 17.2 Å². The number of rotatable bonds is 3. The zero-order chi connectivity index (χ0) is 13.7. The number of pyridine rings is 1. The summed E-state index contributed by atoms with van der Waals surface area (Å²) in [6, 6.07) is 11.9. The monoisotopic (exact) mass is 253 g/mol. The third-order valence-corrected chi connectivity index (χ3v) is 2.40. The van der Waals surface area contributed by atoms with Gasteiger partial charge in [0, 0.05) is 25.5 Å². The first kappa shape index (κ1) is 12.6. The molecule has 19 heavy (non-hydrogen) atoms. The molecule has 0 atom stereocenters. The minimum absolute atomic E-state index is 0.310. The van der Waals surface area contributed by atoms with Crippen molar-refractivity contribution in [1.29, 1.82) is 5.26 Å². The molecular weight excluding hydrogens is 242 g/mol. The highest BCUT2D eigenvalue weighted by atomic mass is 16.7. The lowest BCUT2D eigenvalue weighted by Gasteiger charge is -2.17. The van der Waals surface area contributed by atoms with Crippen molar-refractivity contribution in [2.24, 2.45) is 0 Å². The molecule has 0 aliphatic rings. The van der Waals surface area contributed by atoms with E-state index < -0.39 is 0 Å². The second kappa shape index (κ2) is 5.65. The minimum Gasteiger partial charge on any atom is -0.377 e. The van der Waals surface area contributed by atoms with Gasteiger partial charge in [-0.25, -0.2) is 0 Å². The maximum atomic E-state index is 12.0. The van der Waals surface area contributed by atoms with E-state index in [1.165, 1.54) is 13.2 Å². The van der Waals surface area contributed by atoms with Gasteiger partial charge in [0.15, 0.2) is 5.75 Å². The molecule has 0 fully saturated rings. The van der Waals surface area contributed by atoms with Crippen molar-refractivity contribution in [1.82, 2.24) is 10.0 Å². The fraction of sp³-hybridized carbons (Fsp3) is 0.0714. The Morgan fingerprint density at radius 3 is 2.89 bits per heavy atom. The Morgan fingerprint density at radius 2 is 2.21 bits per heavy atom. The average Bonchev–Trinajstić information content (AvgIpc) is 2.47. The topological polar surface area (TPSA) is 66.2 Å². The van der Waals surface area contributed by atoms with Gasteiger partial charge in [-0.1, -0.05) is 6.07 Å². The summed E-state index contributed by atoms with van der Waals surface area (Å²) in [5.41, 5.74) is 0.904. The number of nitriles is 1. The second-order valence-electron chi connectivity index (χ2n) is 3.78. The molecule has 0 aliphatic carbocycles. The molecule has 5 nitrogen and oxygen atoms in total. The number of hydrogen-bond acceptors (Lipinski definition) is 4. The molecule has 1 amide bonds. The summed E-state index contributed by atoms with van der Waals surface area (Å²) in [5.74, 6) is 0.120. The Morgan fingerprint density at radius 1 is 1.37 bits per heavy atom. The SMILES string of the molecule is CN(Oc1cccc(C#N)c1)C(=O)c1cccnc1. The number of benzene rings is 1. The first-order valence-electron chi connectivity index (χ1n) is 5.57. The predicted octanol–water partition coefficient (Wildman–Crippen LogP) is 2.02. The molecule has 0 N–H and O–H groups in total. The van der Waals surface area contributed by atoms with Crippen LogP contribution in [0.15, 0.2) is 48.8 Å². The van der Waals surface area contributed by atoms with Crippen LogP contribution in [-0.4, -0.2) is 23.0 Å². The summed E-state index contributed by atoms with van der Waals surface area (Å²) in [7, 11) is 1.51. The van der Waals surface area contributed by atoms with Crippen LogP contribution < -0.4 is 4.84 Å². The number of aromatic nitrogens is 1. The predicted molar refractivity (Wildman–Crippen MR) is 68.1 cm³/mol. The summed E-state index contributed by atoms with van der Waals surface area (Å²) in [4.78, 5) is 21.3. The van der Waals surface area contributed by atoms with Crippen molar-refractivity contribution in [2.45, 2.75) is 0 Å². The lowest BCUT2D eigenvalue weighted by Crippen LogP contribution is -2.30. The van der Waals surface area contributed by atoms with E-state index in [4.69, 9.17) is 10.1 Å². The third kappa shape index (κ3) is 3.07. The number of amides is 1. The van der Waals surface area contributed by atoms with E-state index in [1.54, 1.807) is 42.6 Å². The zero-order valence-corrected chi connectivity index (χ0v) is 10.3. The van der Waals surface area contributed by atoms with E-state index in [0.29, 0.717) is 16.9 Å². The van der Waals surface area contributed by atoms with E-state index in [9.17, 15) is 4.79 Å². The van der Waals surface area contributed by atoms with E-state index in [1.807, 2.05) is 6.07 Å². The van der Waals surface area contributed by atoms with Crippen LogP contribution in [0.4, 0.5) is 0 Å². The lowest BCUT2D eigenvalue weighted by molar-refractivity contribution is -0.0139. The zero-order valence-electron chi connectivity index (χ0n) is 10.3. The molecule has 2 aromatic rings. The molecule has 1 aromatic heterocycles. The molecule has 0 bridgehead atoms. The normalized spacial score (nSPS) is 9.47. The Labute approximate surface area is 110 Å². The minimum atomic E-state index is -0.310. The number of carbonyl (C=O) groups is 1. The van der Waals surface area contributed by atoms with E-state index >= 15 is 0 Å². The van der Waals surface area contributed by atoms with Crippen LogP contribution in [0.3, 0.4) is 0 Å². The van der Waals surface area contributed by atoms with E-state index in [2.05, 4.69) is 4.98 Å². The van der Waals surface area contributed by atoms with Crippen LogP contribution in [0.1, 0.15) is 15.9 Å². The maximum absolute atomic E-state index is 12.0. The van der Waals surface area contributed by atoms with E-state index in [0.717, 1.165) is 5.06 Å². The molecule has 0 radical (unpaired) electrons. The number of hydroxylamine groups is 2. The molecule has 2 rings (SSSR count). The third-order valence-electron chi connectivity index (χ3n) is 2.40. The highest BCUT2D eigenvalue weighted by Gasteiger charge is 2.13. The Hall–Kier alpha value is -2.87. The lowest BCUT2D eigenvalue weighted by atomic mass is 10.2. The number of hydrogen-bond donors (Lipinski definition) is 0. The van der Waals surface area contributed by atoms with Gasteiger partial charge >= 0.3 is 0 Å². The average molecular weight is 253 g/mol. The Kier molecular flexibility index (Phi) is 3.74. The maximum Gasteiger partial charge on any atom is 0.287 e. The van der Waals surface area contributed by atoms with Crippen molar-refractivity contribution >= 4 is 5.91 Å². The van der Waals surface area contributed by atoms with Crippen molar-refractivity contribution in [3.8, 4) is 11.8 Å². The largest absolute Gasteiger partial charge is 0.377 e. The van der Waals surface area contributed by atoms with Gasteiger partial charge in [-0.2, -0.15) is 10.3 Å². The molecule has 0 spiro atoms. The molecule has 1 aromatic carbocycles. The van der Waals surface area contributed by atoms with E-state index in [-0.39, 0.29) is 5.91 Å². The van der Waals surface area contributed by atoms with Crippen molar-refractivity contribution in [3.63, 3.8) is 0 Å². The van der Waals surface area contributed by atoms with Gasteiger partial charge in [-0.05, 0) is 24.3 Å². The quantitative estimate of drug-likeness (QED) is 0.785. The number of carbonyl (C=O) groups excluding carboxylic acids is 1. The highest BCUT2D eigenvalue weighted by Crippen LogP contribution is 2.14. The van der Waals surface area contributed by atoms with Gasteiger partial charge in [0.1, 0.15) is 0 Å². The summed E-state index contributed by atoms with van der Waals surface area (Å²) in [6.07, 6.45) is 3.06. The fourth-order valence-electron chi connectivity index (χ4n) is 1.49. The Bertz CT molecular complexity index is 620. The van der Waals surface area contributed by atoms with Crippen molar-refractivity contribution < 1.29 is 9.63 Å². The first-order chi connectivity index (χ1) is 9.20. The van der Waals surface area contributed by atoms with Crippen molar-refractivity contribution in [3.05, 3.63) is 59.9 Å². The number of nitrogens with zero attached hydrogens (tertiary/aromatic N) is 3. The van der Waals surface area contributed by atoms with Gasteiger partial charge in [-0.3, -0.25) is 9.78 Å². The standard InChI is InChI=1S/C14H11N3O2/c1-17(14(18)12-5-3-7-16-10-12)19-13-6-2-4-11(8-13)9-15/h2-8,10H,1H3. The second-order valence-corrected chi connectivity index (χ2v) is 3.78. The Balaban J connectivity index is 2.11. The summed E-state index contributed by atoms with van der Waals surface area (Å²) in [6.45, 7) is 0. The fourth-order valence-corrected chi connectivity index (χ4v) is 1.49. The molecule has 94 valence electrons. The van der Waals surface area contributed by atoms with Crippen LogP contribution in [0, 0.1) is 11.3 Å². The molecule has 0 saturated heterocycles.